The van der Waals surface area contributed by atoms with Gasteiger partial charge in [0.25, 0.3) is 0 Å². The average Bonchev–Trinajstić information content (AvgIpc) is 3.32. The molecule has 0 amide bonds. The van der Waals surface area contributed by atoms with Gasteiger partial charge in [-0.1, -0.05) is 30.7 Å². The normalized spacial score (nSPS) is 24.8. The van der Waals surface area contributed by atoms with E-state index in [1.165, 1.54) is 13.8 Å². The smallest absolute Gasteiger partial charge is 0.303 e. The Morgan fingerprint density at radius 2 is 1.64 bits per heavy atom. The molecule has 1 unspecified atom stereocenters. The van der Waals surface area contributed by atoms with Crippen molar-refractivity contribution in [3.05, 3.63) is 52.0 Å². The summed E-state index contributed by atoms with van der Waals surface area (Å²) in [5.74, 6) is 0.448. The number of benzene rings is 2. The molecule has 1 saturated heterocycles. The van der Waals surface area contributed by atoms with Gasteiger partial charge in [-0.25, -0.2) is 0 Å². The molecule has 2 heterocycles. The van der Waals surface area contributed by atoms with Crippen molar-refractivity contribution < 1.29 is 38.0 Å². The molecule has 8 nitrogen and oxygen atoms in total. The largest absolute Gasteiger partial charge is 0.494 e. The molecule has 2 aliphatic heterocycles. The molecule has 0 N–H and O–H groups in total. The number of ether oxygens (including phenoxy) is 6. The van der Waals surface area contributed by atoms with Crippen LogP contribution in [-0.4, -0.2) is 43.7 Å². The van der Waals surface area contributed by atoms with Gasteiger partial charge in [0.05, 0.1) is 17.7 Å². The van der Waals surface area contributed by atoms with Crippen molar-refractivity contribution in [3.8, 4) is 17.2 Å². The second-order valence-corrected chi connectivity index (χ2v) is 9.40. The van der Waals surface area contributed by atoms with Crippen molar-refractivity contribution in [2.24, 2.45) is 5.92 Å². The minimum Gasteiger partial charge on any atom is -0.494 e. The van der Waals surface area contributed by atoms with Crippen LogP contribution in [0, 0.1) is 5.92 Å². The van der Waals surface area contributed by atoms with Crippen LogP contribution in [0.15, 0.2) is 30.3 Å². The zero-order chi connectivity index (χ0) is 26.0. The summed E-state index contributed by atoms with van der Waals surface area (Å²) in [7, 11) is 0. The summed E-state index contributed by atoms with van der Waals surface area (Å²) in [6.07, 6.45) is -2.14. The number of hydrogen-bond acceptors (Lipinski definition) is 8. The van der Waals surface area contributed by atoms with Gasteiger partial charge in [-0.05, 0) is 49.6 Å². The summed E-state index contributed by atoms with van der Waals surface area (Å²) in [5.41, 5.74) is 2.43. The number of carbonyl (C=O) groups is 2. The molecule has 5 atom stereocenters. The van der Waals surface area contributed by atoms with Gasteiger partial charge in [-0.2, -0.15) is 0 Å². The summed E-state index contributed by atoms with van der Waals surface area (Å²) in [6, 6.07) is 9.67. The molecule has 194 valence electrons. The molecular formula is C27H31ClO8. The van der Waals surface area contributed by atoms with Crippen molar-refractivity contribution in [3.63, 3.8) is 0 Å². The number of rotatable bonds is 7. The monoisotopic (exact) mass is 518 g/mol. The highest BCUT2D eigenvalue weighted by Crippen LogP contribution is 2.50. The van der Waals surface area contributed by atoms with Crippen LogP contribution in [-0.2, 0) is 30.2 Å². The number of fused-ring (bicyclic) bond motifs is 1. The SMILES string of the molecule is CCOc1ccc(Cc2cc([C@@H]3OC(C)[C@@H](C)[C@H](OC(C)=O)[C@H]3OC(C)=O)c3c(c2Cl)OCO3)cc1. The molecule has 1 fully saturated rings. The highest BCUT2D eigenvalue weighted by atomic mass is 35.5. The minimum atomic E-state index is -0.884. The predicted octanol–water partition coefficient (Wildman–Crippen LogP) is 5.02. The van der Waals surface area contributed by atoms with Crippen molar-refractivity contribution in [2.45, 2.75) is 65.5 Å². The third-order valence-corrected chi connectivity index (χ3v) is 6.88. The fourth-order valence-corrected chi connectivity index (χ4v) is 4.92. The maximum absolute atomic E-state index is 12.1. The van der Waals surface area contributed by atoms with Crippen molar-refractivity contribution in [1.29, 1.82) is 0 Å². The molecular weight excluding hydrogens is 488 g/mol. The number of esters is 2. The molecule has 0 aromatic heterocycles. The Labute approximate surface area is 215 Å². The van der Waals surface area contributed by atoms with Crippen LogP contribution in [0.3, 0.4) is 0 Å². The quantitative estimate of drug-likeness (QED) is 0.472. The molecule has 9 heteroatoms. The summed E-state index contributed by atoms with van der Waals surface area (Å²) >= 11 is 6.74. The fraction of sp³-hybridized carbons (Fsp3) is 0.481. The molecule has 2 aromatic carbocycles. The summed E-state index contributed by atoms with van der Waals surface area (Å²) in [4.78, 5) is 24.0. The van der Waals surface area contributed by atoms with E-state index in [1.807, 2.05) is 51.1 Å². The summed E-state index contributed by atoms with van der Waals surface area (Å²) in [5, 5.41) is 0.443. The predicted molar refractivity (Wildman–Crippen MR) is 132 cm³/mol. The number of hydrogen-bond donors (Lipinski definition) is 0. The van der Waals surface area contributed by atoms with Crippen molar-refractivity contribution in [2.75, 3.05) is 13.4 Å². The maximum atomic E-state index is 12.1. The standard InChI is InChI=1S/C27H31ClO8/c1-6-31-20-9-7-18(8-10-20)11-19-12-21(24-26(22(19)28)33-13-32-24)25-27(36-17(5)30)23(35-16(4)29)14(2)15(3)34-25/h7-10,12,14-15,23,25,27H,6,11,13H2,1-5H3/t14-,15?,23+,25+,27-/m1/s1. The van der Waals surface area contributed by atoms with E-state index >= 15 is 0 Å². The first kappa shape index (κ1) is 26.1. The van der Waals surface area contributed by atoms with Gasteiger partial charge in [0.2, 0.25) is 6.79 Å². The molecule has 0 spiro atoms. The van der Waals surface area contributed by atoms with Crippen LogP contribution in [0.1, 0.15) is 57.4 Å². The fourth-order valence-electron chi connectivity index (χ4n) is 4.66. The lowest BCUT2D eigenvalue weighted by Gasteiger charge is -2.43. The highest BCUT2D eigenvalue weighted by Gasteiger charge is 2.48. The van der Waals surface area contributed by atoms with E-state index in [-0.39, 0.29) is 18.8 Å². The van der Waals surface area contributed by atoms with Gasteiger partial charge in [-0.15, -0.1) is 0 Å². The highest BCUT2D eigenvalue weighted by molar-refractivity contribution is 6.33. The average molecular weight is 519 g/mol. The van der Waals surface area contributed by atoms with Gasteiger partial charge in [0.15, 0.2) is 17.6 Å². The molecule has 0 saturated carbocycles. The van der Waals surface area contributed by atoms with Gasteiger partial charge < -0.3 is 28.4 Å². The third-order valence-electron chi connectivity index (χ3n) is 6.47. The Hall–Kier alpha value is -2.97. The Kier molecular flexibility index (Phi) is 7.95. The van der Waals surface area contributed by atoms with Gasteiger partial charge in [-0.3, -0.25) is 9.59 Å². The van der Waals surface area contributed by atoms with E-state index in [0.717, 1.165) is 16.9 Å². The van der Waals surface area contributed by atoms with E-state index in [1.54, 1.807) is 0 Å². The van der Waals surface area contributed by atoms with Crippen LogP contribution in [0.4, 0.5) is 0 Å². The molecule has 2 aliphatic rings. The van der Waals surface area contributed by atoms with Crippen molar-refractivity contribution >= 4 is 23.5 Å². The topological polar surface area (TPSA) is 89.5 Å². The zero-order valence-corrected chi connectivity index (χ0v) is 21.8. The first-order valence-corrected chi connectivity index (χ1v) is 12.4. The van der Waals surface area contributed by atoms with E-state index in [2.05, 4.69) is 0 Å². The first-order valence-electron chi connectivity index (χ1n) is 12.0. The second kappa shape index (κ2) is 11.0. The Morgan fingerprint density at radius 1 is 1.00 bits per heavy atom. The molecule has 2 aromatic rings. The van der Waals surface area contributed by atoms with E-state index in [0.29, 0.717) is 35.1 Å². The Morgan fingerprint density at radius 3 is 2.28 bits per heavy atom. The summed E-state index contributed by atoms with van der Waals surface area (Å²) in [6.45, 7) is 8.96. The Bertz CT molecular complexity index is 1120. The second-order valence-electron chi connectivity index (χ2n) is 9.03. The Balaban J connectivity index is 1.76. The maximum Gasteiger partial charge on any atom is 0.303 e. The molecule has 0 bridgehead atoms. The van der Waals surface area contributed by atoms with E-state index in [4.69, 9.17) is 40.0 Å². The van der Waals surface area contributed by atoms with Crippen LogP contribution >= 0.6 is 11.6 Å². The van der Waals surface area contributed by atoms with Crippen LogP contribution < -0.4 is 14.2 Å². The summed E-state index contributed by atoms with van der Waals surface area (Å²) < 4.78 is 34.7. The molecule has 4 rings (SSSR count). The number of halogens is 1. The zero-order valence-electron chi connectivity index (χ0n) is 21.0. The molecule has 36 heavy (non-hydrogen) atoms. The van der Waals surface area contributed by atoms with Crippen LogP contribution in [0.25, 0.3) is 0 Å². The number of carbonyl (C=O) groups excluding carboxylic acids is 2. The van der Waals surface area contributed by atoms with Gasteiger partial charge in [0, 0.05) is 25.3 Å². The minimum absolute atomic E-state index is 0.00115. The molecule has 0 aliphatic carbocycles. The lowest BCUT2D eigenvalue weighted by atomic mass is 9.85. The van der Waals surface area contributed by atoms with Crippen LogP contribution in [0.5, 0.6) is 17.2 Å². The van der Waals surface area contributed by atoms with Crippen molar-refractivity contribution in [1.82, 2.24) is 0 Å². The van der Waals surface area contributed by atoms with Crippen LogP contribution in [0.2, 0.25) is 5.02 Å². The lowest BCUT2D eigenvalue weighted by molar-refractivity contribution is -0.222. The third kappa shape index (κ3) is 5.39. The van der Waals surface area contributed by atoms with E-state index < -0.39 is 30.3 Å². The van der Waals surface area contributed by atoms with Gasteiger partial charge in [0.1, 0.15) is 18.0 Å². The van der Waals surface area contributed by atoms with E-state index in [9.17, 15) is 9.59 Å². The first-order chi connectivity index (χ1) is 17.2. The molecule has 0 radical (unpaired) electrons. The van der Waals surface area contributed by atoms with Gasteiger partial charge >= 0.3 is 11.9 Å². The lowest BCUT2D eigenvalue weighted by Crippen LogP contribution is -2.52.